The van der Waals surface area contributed by atoms with Gasteiger partial charge in [0.25, 0.3) is 0 Å². The molecular formula is C15H27Cl2N3. The predicted octanol–water partition coefficient (Wildman–Crippen LogP) is 2.29. The first-order valence-corrected chi connectivity index (χ1v) is 6.89. The number of nitrogens with two attached hydrogens (primary N) is 1. The predicted molar refractivity (Wildman–Crippen MR) is 90.9 cm³/mol. The highest BCUT2D eigenvalue weighted by molar-refractivity contribution is 5.85. The molecule has 1 unspecified atom stereocenters. The van der Waals surface area contributed by atoms with Crippen molar-refractivity contribution >= 4 is 24.8 Å². The average molecular weight is 320 g/mol. The second kappa shape index (κ2) is 9.59. The van der Waals surface area contributed by atoms with Crippen LogP contribution in [-0.2, 0) is 6.54 Å². The van der Waals surface area contributed by atoms with Crippen LogP contribution in [0.25, 0.3) is 0 Å². The Bertz CT molecular complexity index is 353. The quantitative estimate of drug-likeness (QED) is 0.845. The minimum atomic E-state index is 0. The highest BCUT2D eigenvalue weighted by Crippen LogP contribution is 2.26. The third-order valence-corrected chi connectivity index (χ3v) is 3.76. The van der Waals surface area contributed by atoms with E-state index in [1.165, 1.54) is 12.0 Å². The van der Waals surface area contributed by atoms with Crippen molar-refractivity contribution in [3.05, 3.63) is 35.9 Å². The molecule has 5 heteroatoms. The Morgan fingerprint density at radius 2 is 1.95 bits per heavy atom. The van der Waals surface area contributed by atoms with E-state index in [0.29, 0.717) is 5.41 Å². The fourth-order valence-corrected chi connectivity index (χ4v) is 2.78. The summed E-state index contributed by atoms with van der Waals surface area (Å²) in [6, 6.07) is 10.7. The SMILES string of the molecule is CC1(CN(CCN)Cc2ccccc2)CCNC1.Cl.Cl. The molecule has 1 atom stereocenters. The van der Waals surface area contributed by atoms with Gasteiger partial charge in [-0.15, -0.1) is 24.8 Å². The van der Waals surface area contributed by atoms with Gasteiger partial charge in [0.05, 0.1) is 0 Å². The van der Waals surface area contributed by atoms with Crippen LogP contribution in [0.3, 0.4) is 0 Å². The van der Waals surface area contributed by atoms with Gasteiger partial charge in [0.15, 0.2) is 0 Å². The molecule has 0 spiro atoms. The molecule has 0 bridgehead atoms. The highest BCUT2D eigenvalue weighted by Gasteiger charge is 2.30. The number of halogens is 2. The van der Waals surface area contributed by atoms with Crippen molar-refractivity contribution in [1.82, 2.24) is 10.2 Å². The van der Waals surface area contributed by atoms with E-state index in [4.69, 9.17) is 5.73 Å². The van der Waals surface area contributed by atoms with E-state index in [-0.39, 0.29) is 24.8 Å². The van der Waals surface area contributed by atoms with E-state index in [9.17, 15) is 0 Å². The van der Waals surface area contributed by atoms with Crippen molar-refractivity contribution < 1.29 is 0 Å². The Morgan fingerprint density at radius 3 is 2.50 bits per heavy atom. The average Bonchev–Trinajstić information content (AvgIpc) is 2.77. The van der Waals surface area contributed by atoms with Gasteiger partial charge in [0, 0.05) is 32.7 Å². The van der Waals surface area contributed by atoms with E-state index in [2.05, 4.69) is 47.5 Å². The lowest BCUT2D eigenvalue weighted by Gasteiger charge is -2.31. The Hall–Kier alpha value is -0.320. The van der Waals surface area contributed by atoms with Crippen molar-refractivity contribution in [2.24, 2.45) is 11.1 Å². The van der Waals surface area contributed by atoms with Gasteiger partial charge in [-0.3, -0.25) is 4.90 Å². The number of hydrogen-bond acceptors (Lipinski definition) is 3. The standard InChI is InChI=1S/C15H25N3.2ClH/c1-15(7-9-17-12-15)13-18(10-8-16)11-14-5-3-2-4-6-14;;/h2-6,17H,7-13,16H2,1H3;2*1H. The van der Waals surface area contributed by atoms with Gasteiger partial charge in [-0.2, -0.15) is 0 Å². The number of nitrogens with one attached hydrogen (secondary N) is 1. The summed E-state index contributed by atoms with van der Waals surface area (Å²) in [5.74, 6) is 0. The van der Waals surface area contributed by atoms with Crippen molar-refractivity contribution in [1.29, 1.82) is 0 Å². The fourth-order valence-electron chi connectivity index (χ4n) is 2.78. The van der Waals surface area contributed by atoms with E-state index in [1.54, 1.807) is 0 Å². The zero-order chi connectivity index (χ0) is 12.8. The second-order valence-electron chi connectivity index (χ2n) is 5.72. The molecule has 3 N–H and O–H groups in total. The summed E-state index contributed by atoms with van der Waals surface area (Å²) in [7, 11) is 0. The number of benzene rings is 1. The molecule has 20 heavy (non-hydrogen) atoms. The van der Waals surface area contributed by atoms with Crippen molar-refractivity contribution in [2.45, 2.75) is 19.9 Å². The van der Waals surface area contributed by atoms with Crippen LogP contribution in [0.4, 0.5) is 0 Å². The summed E-state index contributed by atoms with van der Waals surface area (Å²) in [6.45, 7) is 8.50. The van der Waals surface area contributed by atoms with Crippen LogP contribution >= 0.6 is 24.8 Å². The van der Waals surface area contributed by atoms with Gasteiger partial charge in [-0.1, -0.05) is 37.3 Å². The third kappa shape index (κ3) is 5.98. The summed E-state index contributed by atoms with van der Waals surface area (Å²) < 4.78 is 0. The van der Waals surface area contributed by atoms with Crippen LogP contribution in [0.5, 0.6) is 0 Å². The molecule has 1 saturated heterocycles. The normalized spacial score (nSPS) is 21.4. The van der Waals surface area contributed by atoms with E-state index in [1.807, 2.05) is 0 Å². The smallest absolute Gasteiger partial charge is 0.0234 e. The Balaban J connectivity index is 0.00000180. The third-order valence-electron chi connectivity index (χ3n) is 3.76. The Morgan fingerprint density at radius 1 is 1.25 bits per heavy atom. The molecule has 3 nitrogen and oxygen atoms in total. The highest BCUT2D eigenvalue weighted by atomic mass is 35.5. The van der Waals surface area contributed by atoms with Crippen LogP contribution in [0.15, 0.2) is 30.3 Å². The molecule has 1 aliphatic heterocycles. The number of hydrogen-bond donors (Lipinski definition) is 2. The largest absolute Gasteiger partial charge is 0.329 e. The summed E-state index contributed by atoms with van der Waals surface area (Å²) in [5.41, 5.74) is 7.53. The van der Waals surface area contributed by atoms with Crippen LogP contribution in [-0.4, -0.2) is 37.6 Å². The minimum Gasteiger partial charge on any atom is -0.329 e. The number of rotatable bonds is 6. The lowest BCUT2D eigenvalue weighted by molar-refractivity contribution is 0.174. The maximum atomic E-state index is 5.74. The second-order valence-corrected chi connectivity index (χ2v) is 5.72. The maximum Gasteiger partial charge on any atom is 0.0234 e. The molecule has 1 aliphatic rings. The topological polar surface area (TPSA) is 41.3 Å². The molecule has 1 aromatic rings. The molecule has 0 radical (unpaired) electrons. The van der Waals surface area contributed by atoms with Crippen molar-refractivity contribution in [2.75, 3.05) is 32.7 Å². The summed E-state index contributed by atoms with van der Waals surface area (Å²) in [5, 5.41) is 3.47. The van der Waals surface area contributed by atoms with Crippen LogP contribution in [0.2, 0.25) is 0 Å². The van der Waals surface area contributed by atoms with Gasteiger partial charge in [-0.05, 0) is 23.9 Å². The minimum absolute atomic E-state index is 0. The molecule has 2 rings (SSSR count). The van der Waals surface area contributed by atoms with Crippen LogP contribution < -0.4 is 11.1 Å². The summed E-state index contributed by atoms with van der Waals surface area (Å²) in [6.07, 6.45) is 1.27. The monoisotopic (exact) mass is 319 g/mol. The summed E-state index contributed by atoms with van der Waals surface area (Å²) >= 11 is 0. The Kier molecular flexibility index (Phi) is 9.43. The number of nitrogens with zero attached hydrogens (tertiary/aromatic N) is 1. The molecular weight excluding hydrogens is 293 g/mol. The first-order valence-electron chi connectivity index (χ1n) is 6.89. The molecule has 1 fully saturated rings. The zero-order valence-corrected chi connectivity index (χ0v) is 13.8. The van der Waals surface area contributed by atoms with Crippen LogP contribution in [0.1, 0.15) is 18.9 Å². The molecule has 0 amide bonds. The van der Waals surface area contributed by atoms with Gasteiger partial charge in [0.1, 0.15) is 0 Å². The Labute approximate surface area is 135 Å². The van der Waals surface area contributed by atoms with Gasteiger partial charge in [0.2, 0.25) is 0 Å². The molecule has 0 aliphatic carbocycles. The van der Waals surface area contributed by atoms with Gasteiger partial charge >= 0.3 is 0 Å². The lowest BCUT2D eigenvalue weighted by atomic mass is 9.89. The van der Waals surface area contributed by atoms with Crippen LogP contribution in [0, 0.1) is 5.41 Å². The molecule has 116 valence electrons. The zero-order valence-electron chi connectivity index (χ0n) is 12.2. The molecule has 1 aromatic carbocycles. The van der Waals surface area contributed by atoms with E-state index < -0.39 is 0 Å². The fraction of sp³-hybridized carbons (Fsp3) is 0.600. The van der Waals surface area contributed by atoms with Gasteiger partial charge in [-0.25, -0.2) is 0 Å². The first-order chi connectivity index (χ1) is 8.72. The lowest BCUT2D eigenvalue weighted by Crippen LogP contribution is -2.39. The van der Waals surface area contributed by atoms with Crippen molar-refractivity contribution in [3.8, 4) is 0 Å². The molecule has 0 saturated carbocycles. The first kappa shape index (κ1) is 19.7. The van der Waals surface area contributed by atoms with E-state index in [0.717, 1.165) is 39.3 Å². The molecule has 1 heterocycles. The molecule has 0 aromatic heterocycles. The van der Waals surface area contributed by atoms with E-state index >= 15 is 0 Å². The van der Waals surface area contributed by atoms with Gasteiger partial charge < -0.3 is 11.1 Å². The summed E-state index contributed by atoms with van der Waals surface area (Å²) in [4.78, 5) is 2.49. The maximum absolute atomic E-state index is 5.74. The van der Waals surface area contributed by atoms with Crippen molar-refractivity contribution in [3.63, 3.8) is 0 Å².